The fourth-order valence-electron chi connectivity index (χ4n) is 5.10. The maximum atomic E-state index is 13.1. The molecule has 2 aromatic carbocycles. The topological polar surface area (TPSA) is 70.8 Å². The van der Waals surface area contributed by atoms with Crippen molar-refractivity contribution in [2.75, 3.05) is 20.1 Å². The summed E-state index contributed by atoms with van der Waals surface area (Å²) >= 11 is 0. The summed E-state index contributed by atoms with van der Waals surface area (Å²) in [6.45, 7) is 4.25. The molecule has 6 rings (SSSR count). The molecular formula is C26H25N5O2. The highest BCUT2D eigenvalue weighted by atomic mass is 16.2. The summed E-state index contributed by atoms with van der Waals surface area (Å²) in [6, 6.07) is 11.6. The lowest BCUT2D eigenvalue weighted by Gasteiger charge is -2.26. The van der Waals surface area contributed by atoms with Gasteiger partial charge in [0.05, 0.1) is 11.0 Å². The molecule has 1 saturated heterocycles. The first-order valence-corrected chi connectivity index (χ1v) is 11.5. The smallest absolute Gasteiger partial charge is 0.254 e. The predicted octanol–water partition coefficient (Wildman–Crippen LogP) is 4.07. The first-order chi connectivity index (χ1) is 16.0. The lowest BCUT2D eigenvalue weighted by molar-refractivity contribution is 0.0724. The quantitative estimate of drug-likeness (QED) is 0.472. The van der Waals surface area contributed by atoms with Gasteiger partial charge in [-0.25, -0.2) is 9.97 Å². The normalized spacial score (nSPS) is 16.1. The summed E-state index contributed by atoms with van der Waals surface area (Å²) in [7, 11) is 1.81. The van der Waals surface area contributed by atoms with Gasteiger partial charge >= 0.3 is 0 Å². The van der Waals surface area contributed by atoms with Crippen LogP contribution in [0.3, 0.4) is 0 Å². The number of benzene rings is 2. The van der Waals surface area contributed by atoms with E-state index in [4.69, 9.17) is 4.98 Å². The van der Waals surface area contributed by atoms with Crippen LogP contribution in [0.5, 0.6) is 0 Å². The van der Waals surface area contributed by atoms with Gasteiger partial charge in [-0.05, 0) is 62.1 Å². The van der Waals surface area contributed by atoms with E-state index < -0.39 is 0 Å². The molecule has 0 aliphatic carbocycles. The van der Waals surface area contributed by atoms with Crippen LogP contribution in [0.2, 0.25) is 0 Å². The van der Waals surface area contributed by atoms with Gasteiger partial charge < -0.3 is 9.80 Å². The Morgan fingerprint density at radius 3 is 2.67 bits per heavy atom. The second kappa shape index (κ2) is 7.40. The van der Waals surface area contributed by atoms with Crippen molar-refractivity contribution in [2.24, 2.45) is 0 Å². The zero-order valence-corrected chi connectivity index (χ0v) is 18.8. The number of hydrogen-bond donors (Lipinski definition) is 0. The number of hydrogen-bond acceptors (Lipinski definition) is 4. The highest BCUT2D eigenvalue weighted by Gasteiger charge is 2.25. The van der Waals surface area contributed by atoms with Crippen LogP contribution in [-0.4, -0.2) is 56.1 Å². The molecule has 4 aromatic rings. The van der Waals surface area contributed by atoms with Gasteiger partial charge in [-0.15, -0.1) is 0 Å². The molecule has 0 unspecified atom stereocenters. The maximum absolute atomic E-state index is 13.1. The van der Waals surface area contributed by atoms with Crippen molar-refractivity contribution in [1.82, 2.24) is 24.2 Å². The number of imidazole rings is 1. The van der Waals surface area contributed by atoms with E-state index in [1.807, 2.05) is 61.5 Å². The summed E-state index contributed by atoms with van der Waals surface area (Å²) in [5, 5.41) is 0. The van der Waals surface area contributed by atoms with E-state index >= 15 is 0 Å². The minimum Gasteiger partial charge on any atom is -0.339 e. The molecule has 0 saturated carbocycles. The van der Waals surface area contributed by atoms with Crippen molar-refractivity contribution in [3.63, 3.8) is 0 Å². The molecule has 33 heavy (non-hydrogen) atoms. The molecule has 0 atom stereocenters. The molecule has 0 radical (unpaired) electrons. The monoisotopic (exact) mass is 439 g/mol. The largest absolute Gasteiger partial charge is 0.339 e. The molecule has 0 bridgehead atoms. The Balaban J connectivity index is 1.51. The number of rotatable bonds is 2. The fourth-order valence-corrected chi connectivity index (χ4v) is 5.10. The third-order valence-electron chi connectivity index (χ3n) is 6.85. The van der Waals surface area contributed by atoms with Crippen LogP contribution in [-0.2, 0) is 6.54 Å². The summed E-state index contributed by atoms with van der Waals surface area (Å²) in [4.78, 5) is 38.7. The number of piperidine rings is 1. The molecule has 0 spiro atoms. The molecule has 2 aliphatic heterocycles. The molecule has 166 valence electrons. The zero-order valence-electron chi connectivity index (χ0n) is 18.8. The second-order valence-electron chi connectivity index (χ2n) is 9.11. The van der Waals surface area contributed by atoms with Gasteiger partial charge in [0.1, 0.15) is 5.69 Å². The molecular weight excluding hydrogens is 414 g/mol. The highest BCUT2D eigenvalue weighted by Crippen LogP contribution is 2.31. The zero-order chi connectivity index (χ0) is 22.7. The Bertz CT molecular complexity index is 1450. The van der Waals surface area contributed by atoms with E-state index in [0.29, 0.717) is 12.1 Å². The average molecular weight is 440 g/mol. The summed E-state index contributed by atoms with van der Waals surface area (Å²) in [6.07, 6.45) is 5.16. The van der Waals surface area contributed by atoms with Gasteiger partial charge in [-0.1, -0.05) is 6.07 Å². The van der Waals surface area contributed by atoms with Crippen molar-refractivity contribution in [2.45, 2.75) is 32.7 Å². The van der Waals surface area contributed by atoms with Crippen LogP contribution in [0.4, 0.5) is 0 Å². The van der Waals surface area contributed by atoms with E-state index in [1.165, 1.54) is 6.42 Å². The SMILES string of the molecule is Cc1cnc2c(-c3ccc4c(c3)CN(C)C4=O)nc3cc(C(=O)N4CCCCC4)ccc3n12. The first kappa shape index (κ1) is 19.9. The van der Waals surface area contributed by atoms with E-state index in [1.54, 1.807) is 4.90 Å². The highest BCUT2D eigenvalue weighted by molar-refractivity contribution is 6.00. The minimum atomic E-state index is 0.0469. The molecule has 7 nitrogen and oxygen atoms in total. The van der Waals surface area contributed by atoms with Crippen molar-refractivity contribution in [3.05, 3.63) is 65.0 Å². The van der Waals surface area contributed by atoms with Crippen molar-refractivity contribution < 1.29 is 9.59 Å². The Labute approximate surface area is 191 Å². The van der Waals surface area contributed by atoms with Crippen LogP contribution in [0.25, 0.3) is 27.9 Å². The average Bonchev–Trinajstić information content (AvgIpc) is 3.37. The molecule has 4 heterocycles. The Hall–Kier alpha value is -3.74. The fraction of sp³-hybridized carbons (Fsp3) is 0.308. The van der Waals surface area contributed by atoms with Gasteiger partial charge in [-0.3, -0.25) is 14.0 Å². The number of carbonyl (C=O) groups excluding carboxylic acids is 2. The number of aromatic nitrogens is 3. The molecule has 1 fully saturated rings. The van der Waals surface area contributed by atoms with Crippen LogP contribution in [0.1, 0.15) is 51.2 Å². The van der Waals surface area contributed by atoms with E-state index in [2.05, 4.69) is 9.38 Å². The summed E-state index contributed by atoms with van der Waals surface area (Å²) in [5.74, 6) is 0.118. The number of likely N-dealkylation sites (tertiary alicyclic amines) is 1. The van der Waals surface area contributed by atoms with E-state index in [0.717, 1.165) is 70.7 Å². The first-order valence-electron chi connectivity index (χ1n) is 11.5. The number of nitrogens with zero attached hydrogens (tertiary/aromatic N) is 5. The van der Waals surface area contributed by atoms with Crippen LogP contribution < -0.4 is 0 Å². The third kappa shape index (κ3) is 3.10. The Morgan fingerprint density at radius 1 is 1.03 bits per heavy atom. The van der Waals surface area contributed by atoms with E-state index in [9.17, 15) is 9.59 Å². The lowest BCUT2D eigenvalue weighted by atomic mass is 10.0. The van der Waals surface area contributed by atoms with Gasteiger partial charge in [0.2, 0.25) is 0 Å². The summed E-state index contributed by atoms with van der Waals surface area (Å²) < 4.78 is 2.09. The number of fused-ring (bicyclic) bond motifs is 4. The second-order valence-corrected chi connectivity index (χ2v) is 9.11. The molecule has 7 heteroatoms. The number of amides is 2. The number of aryl methyl sites for hydroxylation is 1. The van der Waals surface area contributed by atoms with Crippen molar-refractivity contribution in [1.29, 1.82) is 0 Å². The van der Waals surface area contributed by atoms with Crippen LogP contribution in [0.15, 0.2) is 42.6 Å². The number of carbonyl (C=O) groups is 2. The Morgan fingerprint density at radius 2 is 1.85 bits per heavy atom. The van der Waals surface area contributed by atoms with Gasteiger partial charge in [-0.2, -0.15) is 0 Å². The molecule has 2 aliphatic rings. The van der Waals surface area contributed by atoms with Gasteiger partial charge in [0.15, 0.2) is 5.65 Å². The maximum Gasteiger partial charge on any atom is 0.254 e. The molecule has 0 N–H and O–H groups in total. The van der Waals surface area contributed by atoms with Crippen LogP contribution in [0, 0.1) is 6.92 Å². The Kier molecular flexibility index (Phi) is 4.47. The van der Waals surface area contributed by atoms with Crippen molar-refractivity contribution >= 4 is 28.5 Å². The van der Waals surface area contributed by atoms with Gasteiger partial charge in [0, 0.05) is 55.3 Å². The van der Waals surface area contributed by atoms with Crippen LogP contribution >= 0.6 is 0 Å². The minimum absolute atomic E-state index is 0.0469. The van der Waals surface area contributed by atoms with Crippen molar-refractivity contribution in [3.8, 4) is 11.3 Å². The predicted molar refractivity (Wildman–Crippen MR) is 126 cm³/mol. The standard InChI is InChI=1S/C26H25N5O2/c1-16-14-27-24-23(17-6-8-20-19(12-17)15-29(2)26(20)33)28-21-13-18(7-9-22(21)31(16)24)25(32)30-10-4-3-5-11-30/h6-9,12-14H,3-5,10-11,15H2,1-2H3. The third-order valence-corrected chi connectivity index (χ3v) is 6.85. The summed E-state index contributed by atoms with van der Waals surface area (Å²) in [5.41, 5.74) is 7.54. The van der Waals surface area contributed by atoms with Gasteiger partial charge in [0.25, 0.3) is 11.8 Å². The molecule has 2 aromatic heterocycles. The van der Waals surface area contributed by atoms with E-state index in [-0.39, 0.29) is 11.8 Å². The molecule has 2 amide bonds. The lowest BCUT2D eigenvalue weighted by Crippen LogP contribution is -2.35.